The first kappa shape index (κ1) is 18.1. The SMILES string of the molecule is CN1C(=O)C(=C2CCCC2)c2cc(S(=O)(=O)Nc3ccc4c(c3)OCO4)ccc21. The molecule has 0 atom stereocenters. The Morgan fingerprint density at radius 2 is 1.76 bits per heavy atom. The summed E-state index contributed by atoms with van der Waals surface area (Å²) in [6.07, 6.45) is 3.91. The van der Waals surface area contributed by atoms with Crippen molar-refractivity contribution in [3.63, 3.8) is 0 Å². The average Bonchev–Trinajstić information content (AvgIpc) is 3.42. The Balaban J connectivity index is 1.52. The minimum Gasteiger partial charge on any atom is -0.454 e. The van der Waals surface area contributed by atoms with Crippen LogP contribution in [-0.2, 0) is 14.8 Å². The Hall–Kier alpha value is -3.00. The third-order valence-corrected chi connectivity index (χ3v) is 6.99. The Morgan fingerprint density at radius 3 is 2.55 bits per heavy atom. The zero-order chi connectivity index (χ0) is 20.2. The number of carbonyl (C=O) groups is 1. The molecule has 1 saturated carbocycles. The number of nitrogens with one attached hydrogen (secondary N) is 1. The maximum Gasteiger partial charge on any atom is 0.261 e. The van der Waals surface area contributed by atoms with Crippen LogP contribution in [0.1, 0.15) is 31.2 Å². The molecule has 29 heavy (non-hydrogen) atoms. The Bertz CT molecular complexity index is 1160. The molecule has 2 aromatic rings. The van der Waals surface area contributed by atoms with E-state index in [2.05, 4.69) is 4.72 Å². The lowest BCUT2D eigenvalue weighted by Crippen LogP contribution is -2.20. The molecule has 2 heterocycles. The number of sulfonamides is 1. The van der Waals surface area contributed by atoms with Crippen molar-refractivity contribution in [3.05, 3.63) is 47.5 Å². The van der Waals surface area contributed by atoms with Crippen LogP contribution in [0.4, 0.5) is 11.4 Å². The highest BCUT2D eigenvalue weighted by atomic mass is 32.2. The smallest absolute Gasteiger partial charge is 0.261 e. The number of amides is 1. The van der Waals surface area contributed by atoms with Gasteiger partial charge in [-0.05, 0) is 56.0 Å². The van der Waals surface area contributed by atoms with E-state index in [4.69, 9.17) is 9.47 Å². The summed E-state index contributed by atoms with van der Waals surface area (Å²) in [5.41, 5.74) is 3.62. The molecule has 1 amide bonds. The van der Waals surface area contributed by atoms with Crippen molar-refractivity contribution < 1.29 is 22.7 Å². The van der Waals surface area contributed by atoms with Gasteiger partial charge < -0.3 is 14.4 Å². The molecule has 150 valence electrons. The van der Waals surface area contributed by atoms with E-state index >= 15 is 0 Å². The van der Waals surface area contributed by atoms with Crippen LogP contribution in [0.3, 0.4) is 0 Å². The van der Waals surface area contributed by atoms with E-state index in [1.807, 2.05) is 0 Å². The van der Waals surface area contributed by atoms with Crippen LogP contribution in [0.5, 0.6) is 11.5 Å². The molecular formula is C21H20N2O5S. The molecule has 7 nitrogen and oxygen atoms in total. The van der Waals surface area contributed by atoms with Crippen molar-refractivity contribution in [1.29, 1.82) is 0 Å². The number of hydrogen-bond donors (Lipinski definition) is 1. The molecule has 1 N–H and O–H groups in total. The van der Waals surface area contributed by atoms with Crippen LogP contribution < -0.4 is 19.1 Å². The lowest BCUT2D eigenvalue weighted by molar-refractivity contribution is -0.112. The predicted molar refractivity (Wildman–Crippen MR) is 109 cm³/mol. The van der Waals surface area contributed by atoms with Crippen LogP contribution in [0.25, 0.3) is 5.57 Å². The minimum atomic E-state index is -3.83. The summed E-state index contributed by atoms with van der Waals surface area (Å²) in [6, 6.07) is 9.72. The second-order valence-electron chi connectivity index (χ2n) is 7.40. The fourth-order valence-electron chi connectivity index (χ4n) is 4.13. The van der Waals surface area contributed by atoms with Gasteiger partial charge in [0.05, 0.1) is 16.3 Å². The van der Waals surface area contributed by atoms with Gasteiger partial charge in [0, 0.05) is 24.3 Å². The predicted octanol–water partition coefficient (Wildman–Crippen LogP) is 3.52. The second kappa shape index (κ2) is 6.52. The topological polar surface area (TPSA) is 84.9 Å². The van der Waals surface area contributed by atoms with E-state index < -0.39 is 10.0 Å². The van der Waals surface area contributed by atoms with Gasteiger partial charge in [0.1, 0.15) is 0 Å². The molecule has 1 aliphatic carbocycles. The van der Waals surface area contributed by atoms with Gasteiger partial charge in [0.2, 0.25) is 6.79 Å². The maximum absolute atomic E-state index is 13.0. The third kappa shape index (κ3) is 2.95. The summed E-state index contributed by atoms with van der Waals surface area (Å²) in [5, 5.41) is 0. The first-order valence-electron chi connectivity index (χ1n) is 9.51. The zero-order valence-electron chi connectivity index (χ0n) is 15.9. The fourth-order valence-corrected chi connectivity index (χ4v) is 5.21. The van der Waals surface area contributed by atoms with Gasteiger partial charge in [-0.3, -0.25) is 9.52 Å². The van der Waals surface area contributed by atoms with Gasteiger partial charge >= 0.3 is 0 Å². The summed E-state index contributed by atoms with van der Waals surface area (Å²) < 4.78 is 39.1. The molecule has 0 saturated heterocycles. The van der Waals surface area contributed by atoms with E-state index in [-0.39, 0.29) is 17.6 Å². The van der Waals surface area contributed by atoms with Crippen LogP contribution >= 0.6 is 0 Å². The van der Waals surface area contributed by atoms with Gasteiger partial charge in [-0.15, -0.1) is 0 Å². The highest BCUT2D eigenvalue weighted by molar-refractivity contribution is 7.92. The van der Waals surface area contributed by atoms with Crippen LogP contribution in [0.2, 0.25) is 0 Å². The van der Waals surface area contributed by atoms with Gasteiger partial charge in [-0.25, -0.2) is 8.42 Å². The summed E-state index contributed by atoms with van der Waals surface area (Å²) in [7, 11) is -2.11. The van der Waals surface area contributed by atoms with Gasteiger partial charge in [0.25, 0.3) is 15.9 Å². The normalized spacial score (nSPS) is 17.8. The first-order chi connectivity index (χ1) is 13.9. The van der Waals surface area contributed by atoms with Gasteiger partial charge in [-0.1, -0.05) is 5.57 Å². The largest absolute Gasteiger partial charge is 0.454 e. The van der Waals surface area contributed by atoms with Gasteiger partial charge in [-0.2, -0.15) is 0 Å². The van der Waals surface area contributed by atoms with E-state index in [0.29, 0.717) is 28.3 Å². The molecule has 1 fully saturated rings. The quantitative estimate of drug-likeness (QED) is 0.780. The average molecular weight is 412 g/mol. The second-order valence-corrected chi connectivity index (χ2v) is 9.08. The molecule has 0 aromatic heterocycles. The Morgan fingerprint density at radius 1 is 1.00 bits per heavy atom. The zero-order valence-corrected chi connectivity index (χ0v) is 16.7. The van der Waals surface area contributed by atoms with E-state index in [1.54, 1.807) is 42.3 Å². The summed E-state index contributed by atoms with van der Waals surface area (Å²) in [4.78, 5) is 14.5. The van der Waals surface area contributed by atoms with Crippen molar-refractivity contribution in [2.24, 2.45) is 0 Å². The number of fused-ring (bicyclic) bond motifs is 2. The van der Waals surface area contributed by atoms with Crippen molar-refractivity contribution in [3.8, 4) is 11.5 Å². The van der Waals surface area contributed by atoms with Crippen molar-refractivity contribution in [2.45, 2.75) is 30.6 Å². The fraction of sp³-hybridized carbons (Fsp3) is 0.286. The number of anilines is 2. The molecule has 2 aromatic carbocycles. The number of carbonyl (C=O) groups excluding carboxylic acids is 1. The molecule has 0 radical (unpaired) electrons. The molecule has 0 unspecified atom stereocenters. The molecule has 0 bridgehead atoms. The molecule has 3 aliphatic rings. The monoisotopic (exact) mass is 412 g/mol. The minimum absolute atomic E-state index is 0.0600. The van der Waals surface area contributed by atoms with Crippen LogP contribution in [0.15, 0.2) is 46.9 Å². The molecule has 5 rings (SSSR count). The summed E-state index contributed by atoms with van der Waals surface area (Å²) in [6.45, 7) is 0.120. The van der Waals surface area contributed by atoms with E-state index in [0.717, 1.165) is 36.9 Å². The Kier molecular flexibility index (Phi) is 4.06. The molecule has 2 aliphatic heterocycles. The number of allylic oxidation sites excluding steroid dienone is 1. The van der Waals surface area contributed by atoms with E-state index in [1.165, 1.54) is 6.07 Å². The molecule has 8 heteroatoms. The van der Waals surface area contributed by atoms with Crippen molar-refractivity contribution in [2.75, 3.05) is 23.5 Å². The Labute approximate surface area is 169 Å². The summed E-state index contributed by atoms with van der Waals surface area (Å²) in [5.74, 6) is 1.02. The lowest BCUT2D eigenvalue weighted by atomic mass is 10.00. The number of likely N-dealkylation sites (N-methyl/N-ethyl adjacent to an activating group) is 1. The number of ether oxygens (including phenoxy) is 2. The molecule has 0 spiro atoms. The van der Waals surface area contributed by atoms with E-state index in [9.17, 15) is 13.2 Å². The standard InChI is InChI=1S/C21H20N2O5S/c1-23-17-8-7-15(11-16(17)20(21(23)24)13-4-2-3-5-13)29(25,26)22-14-6-9-18-19(10-14)28-12-27-18/h6-11,22H,2-5,12H2,1H3. The van der Waals surface area contributed by atoms with Crippen molar-refractivity contribution in [1.82, 2.24) is 0 Å². The van der Waals surface area contributed by atoms with Gasteiger partial charge in [0.15, 0.2) is 11.5 Å². The lowest BCUT2D eigenvalue weighted by Gasteiger charge is -2.12. The number of hydrogen-bond acceptors (Lipinski definition) is 5. The highest BCUT2D eigenvalue weighted by Gasteiger charge is 2.34. The number of nitrogens with zero attached hydrogens (tertiary/aromatic N) is 1. The molecular weight excluding hydrogens is 392 g/mol. The maximum atomic E-state index is 13.0. The number of rotatable bonds is 3. The number of benzene rings is 2. The van der Waals surface area contributed by atoms with Crippen LogP contribution in [0, 0.1) is 0 Å². The van der Waals surface area contributed by atoms with Crippen LogP contribution in [-0.4, -0.2) is 28.2 Å². The van der Waals surface area contributed by atoms with Crippen molar-refractivity contribution >= 4 is 32.9 Å². The third-order valence-electron chi connectivity index (χ3n) is 5.61. The highest BCUT2D eigenvalue weighted by Crippen LogP contribution is 2.43. The summed E-state index contributed by atoms with van der Waals surface area (Å²) >= 11 is 0. The first-order valence-corrected chi connectivity index (χ1v) is 11.0.